The minimum atomic E-state index is -0.595. The predicted molar refractivity (Wildman–Crippen MR) is 63.2 cm³/mol. The molecule has 82 valence electrons. The van der Waals surface area contributed by atoms with Crippen LogP contribution in [-0.4, -0.2) is 18.5 Å². The molecule has 0 heterocycles. The molecule has 0 aliphatic rings. The highest BCUT2D eigenvalue weighted by molar-refractivity contribution is 6.30. The summed E-state index contributed by atoms with van der Waals surface area (Å²) < 4.78 is 0. The van der Waals surface area contributed by atoms with Gasteiger partial charge in [0, 0.05) is 10.7 Å². The van der Waals surface area contributed by atoms with Gasteiger partial charge in [-0.25, -0.2) is 0 Å². The molecule has 0 atom stereocenters. The summed E-state index contributed by atoms with van der Waals surface area (Å²) in [6, 6.07) is 7.07. The van der Waals surface area contributed by atoms with Crippen LogP contribution in [-0.2, 0) is 4.79 Å². The number of likely N-dealkylation sites (N-methyl/N-ethyl adjacent to an activating group) is 1. The van der Waals surface area contributed by atoms with Crippen molar-refractivity contribution in [3.05, 3.63) is 29.3 Å². The zero-order chi connectivity index (χ0) is 11.5. The van der Waals surface area contributed by atoms with E-state index in [1.807, 2.05) is 13.8 Å². The molecule has 15 heavy (non-hydrogen) atoms. The van der Waals surface area contributed by atoms with Gasteiger partial charge in [-0.3, -0.25) is 4.79 Å². The molecule has 4 heteroatoms. The number of hydrogen-bond donors (Lipinski definition) is 2. The highest BCUT2D eigenvalue weighted by Crippen LogP contribution is 2.16. The lowest BCUT2D eigenvalue weighted by molar-refractivity contribution is -0.121. The topological polar surface area (TPSA) is 41.1 Å². The van der Waals surface area contributed by atoms with E-state index in [0.717, 1.165) is 0 Å². The molecule has 0 radical (unpaired) electrons. The first-order chi connectivity index (χ1) is 6.95. The molecular formula is C11H15ClN2O. The van der Waals surface area contributed by atoms with E-state index in [-0.39, 0.29) is 5.91 Å². The van der Waals surface area contributed by atoms with E-state index >= 15 is 0 Å². The second kappa shape index (κ2) is 4.64. The average Bonchev–Trinajstić information content (AvgIpc) is 2.17. The fourth-order valence-corrected chi connectivity index (χ4v) is 1.16. The lowest BCUT2D eigenvalue weighted by atomic mass is 10.1. The third-order valence-corrected chi connectivity index (χ3v) is 2.51. The second-order valence-electron chi connectivity index (χ2n) is 3.84. The van der Waals surface area contributed by atoms with Crippen molar-refractivity contribution in [2.75, 3.05) is 12.4 Å². The Morgan fingerprint density at radius 1 is 1.40 bits per heavy atom. The lowest BCUT2D eigenvalue weighted by Gasteiger charge is -2.22. The molecule has 0 saturated carbocycles. The van der Waals surface area contributed by atoms with Crippen molar-refractivity contribution in [1.29, 1.82) is 0 Å². The second-order valence-corrected chi connectivity index (χ2v) is 4.28. The van der Waals surface area contributed by atoms with Crippen LogP contribution < -0.4 is 10.6 Å². The van der Waals surface area contributed by atoms with E-state index in [0.29, 0.717) is 10.7 Å². The maximum atomic E-state index is 11.8. The van der Waals surface area contributed by atoms with Crippen molar-refractivity contribution in [1.82, 2.24) is 5.32 Å². The first-order valence-electron chi connectivity index (χ1n) is 4.71. The van der Waals surface area contributed by atoms with Crippen LogP contribution in [0.3, 0.4) is 0 Å². The number of halogens is 1. The van der Waals surface area contributed by atoms with E-state index in [1.165, 1.54) is 0 Å². The summed E-state index contributed by atoms with van der Waals surface area (Å²) in [5.74, 6) is -0.0905. The quantitative estimate of drug-likeness (QED) is 0.830. The van der Waals surface area contributed by atoms with Gasteiger partial charge < -0.3 is 10.6 Å². The van der Waals surface area contributed by atoms with Crippen molar-refractivity contribution in [3.63, 3.8) is 0 Å². The molecule has 1 amide bonds. The van der Waals surface area contributed by atoms with Gasteiger partial charge in [0.05, 0.1) is 5.54 Å². The van der Waals surface area contributed by atoms with Gasteiger partial charge in [0.25, 0.3) is 0 Å². The number of rotatable bonds is 3. The normalized spacial score (nSPS) is 11.2. The highest BCUT2D eigenvalue weighted by Gasteiger charge is 2.24. The highest BCUT2D eigenvalue weighted by atomic mass is 35.5. The van der Waals surface area contributed by atoms with Crippen LogP contribution in [0.4, 0.5) is 5.69 Å². The Bertz CT molecular complexity index is 363. The third-order valence-electron chi connectivity index (χ3n) is 2.28. The van der Waals surface area contributed by atoms with E-state index in [2.05, 4.69) is 10.6 Å². The molecule has 0 unspecified atom stereocenters. The first-order valence-corrected chi connectivity index (χ1v) is 5.09. The van der Waals surface area contributed by atoms with Crippen LogP contribution >= 0.6 is 11.6 Å². The number of benzene rings is 1. The fourth-order valence-electron chi connectivity index (χ4n) is 0.967. The Balaban J connectivity index is 2.75. The van der Waals surface area contributed by atoms with Gasteiger partial charge >= 0.3 is 0 Å². The van der Waals surface area contributed by atoms with Crippen LogP contribution in [0.25, 0.3) is 0 Å². The summed E-state index contributed by atoms with van der Waals surface area (Å²) in [5, 5.41) is 6.33. The molecule has 0 aliphatic heterocycles. The Hall–Kier alpha value is -1.06. The molecule has 1 aromatic rings. The maximum Gasteiger partial charge on any atom is 0.244 e. The predicted octanol–water partition coefficient (Wildman–Crippen LogP) is 2.28. The standard InChI is InChI=1S/C11H15ClN2O/c1-11(2,13-3)10(15)14-9-6-4-5-8(12)7-9/h4-7,13H,1-3H3,(H,14,15). The van der Waals surface area contributed by atoms with Gasteiger partial charge in [-0.15, -0.1) is 0 Å². The SMILES string of the molecule is CNC(C)(C)C(=O)Nc1cccc(Cl)c1. The number of amides is 1. The number of carbonyl (C=O) groups is 1. The summed E-state index contributed by atoms with van der Waals surface area (Å²) in [4.78, 5) is 11.8. The van der Waals surface area contributed by atoms with Crippen LogP contribution in [0.2, 0.25) is 5.02 Å². The molecule has 0 aromatic heterocycles. The monoisotopic (exact) mass is 226 g/mol. The van der Waals surface area contributed by atoms with Crippen molar-refractivity contribution < 1.29 is 4.79 Å². The van der Waals surface area contributed by atoms with Gasteiger partial charge in [0.2, 0.25) is 5.91 Å². The van der Waals surface area contributed by atoms with Gasteiger partial charge in [-0.1, -0.05) is 17.7 Å². The lowest BCUT2D eigenvalue weighted by Crippen LogP contribution is -2.47. The Kier molecular flexibility index (Phi) is 3.72. The number of carbonyl (C=O) groups excluding carboxylic acids is 1. The molecular weight excluding hydrogens is 212 g/mol. The van der Waals surface area contributed by atoms with Gasteiger partial charge in [-0.05, 0) is 39.1 Å². The van der Waals surface area contributed by atoms with Crippen molar-refractivity contribution in [3.8, 4) is 0 Å². The number of anilines is 1. The maximum absolute atomic E-state index is 11.8. The molecule has 1 rings (SSSR count). The summed E-state index contributed by atoms with van der Waals surface area (Å²) in [7, 11) is 1.75. The van der Waals surface area contributed by atoms with Gasteiger partial charge in [-0.2, -0.15) is 0 Å². The van der Waals surface area contributed by atoms with Gasteiger partial charge in [0.1, 0.15) is 0 Å². The van der Waals surface area contributed by atoms with Crippen molar-refractivity contribution in [2.45, 2.75) is 19.4 Å². The Morgan fingerprint density at radius 3 is 2.60 bits per heavy atom. The van der Waals surface area contributed by atoms with Crippen molar-refractivity contribution >= 4 is 23.2 Å². The van der Waals surface area contributed by atoms with E-state index < -0.39 is 5.54 Å². The molecule has 0 spiro atoms. The van der Waals surface area contributed by atoms with Crippen LogP contribution in [0.1, 0.15) is 13.8 Å². The van der Waals surface area contributed by atoms with E-state index in [4.69, 9.17) is 11.6 Å². The smallest absolute Gasteiger partial charge is 0.244 e. The zero-order valence-corrected chi connectivity index (χ0v) is 9.85. The number of nitrogens with one attached hydrogen (secondary N) is 2. The fraction of sp³-hybridized carbons (Fsp3) is 0.364. The first kappa shape index (κ1) is 12.0. The molecule has 0 bridgehead atoms. The third kappa shape index (κ3) is 3.22. The van der Waals surface area contributed by atoms with E-state index in [9.17, 15) is 4.79 Å². The van der Waals surface area contributed by atoms with Crippen molar-refractivity contribution in [2.24, 2.45) is 0 Å². The Morgan fingerprint density at radius 2 is 2.07 bits per heavy atom. The molecule has 1 aromatic carbocycles. The molecule has 0 saturated heterocycles. The Labute approximate surface area is 94.8 Å². The average molecular weight is 227 g/mol. The molecule has 0 fully saturated rings. The van der Waals surface area contributed by atoms with Crippen LogP contribution in [0, 0.1) is 0 Å². The molecule has 0 aliphatic carbocycles. The molecule has 3 nitrogen and oxygen atoms in total. The largest absolute Gasteiger partial charge is 0.324 e. The van der Waals surface area contributed by atoms with E-state index in [1.54, 1.807) is 31.3 Å². The summed E-state index contributed by atoms with van der Waals surface area (Å²) in [6.45, 7) is 3.62. The summed E-state index contributed by atoms with van der Waals surface area (Å²) in [6.07, 6.45) is 0. The summed E-state index contributed by atoms with van der Waals surface area (Å²) in [5.41, 5.74) is 0.110. The van der Waals surface area contributed by atoms with Crippen LogP contribution in [0.15, 0.2) is 24.3 Å². The van der Waals surface area contributed by atoms with Gasteiger partial charge in [0.15, 0.2) is 0 Å². The minimum absolute atomic E-state index is 0.0905. The summed E-state index contributed by atoms with van der Waals surface area (Å²) >= 11 is 5.81. The molecule has 2 N–H and O–H groups in total. The minimum Gasteiger partial charge on any atom is -0.324 e. The van der Waals surface area contributed by atoms with Crippen LogP contribution in [0.5, 0.6) is 0 Å². The number of hydrogen-bond acceptors (Lipinski definition) is 2. The zero-order valence-electron chi connectivity index (χ0n) is 9.10.